The Bertz CT molecular complexity index is 835. The first-order valence-corrected chi connectivity index (χ1v) is 8.88. The molecule has 1 unspecified atom stereocenters. The number of nitrogens with one attached hydrogen (secondary N) is 1. The summed E-state index contributed by atoms with van der Waals surface area (Å²) in [6.45, 7) is 0.975. The average molecular weight is 366 g/mol. The van der Waals surface area contributed by atoms with Crippen molar-refractivity contribution in [2.24, 2.45) is 5.92 Å². The molecule has 1 aliphatic rings. The van der Waals surface area contributed by atoms with Crippen molar-refractivity contribution < 1.29 is 19.1 Å². The van der Waals surface area contributed by atoms with Gasteiger partial charge in [-0.25, -0.2) is 4.79 Å². The number of amides is 2. The Balaban J connectivity index is 1.60. The number of rotatable bonds is 6. The summed E-state index contributed by atoms with van der Waals surface area (Å²) in [5, 5.41) is 2.76. The van der Waals surface area contributed by atoms with Crippen molar-refractivity contribution in [1.82, 2.24) is 4.90 Å². The van der Waals surface area contributed by atoms with Crippen molar-refractivity contribution in [2.75, 3.05) is 25.5 Å². The Morgan fingerprint density at radius 3 is 2.56 bits per heavy atom. The number of ether oxygens (including phenoxy) is 1. The Kier molecular flexibility index (Phi) is 5.86. The fourth-order valence-corrected chi connectivity index (χ4v) is 3.19. The van der Waals surface area contributed by atoms with Crippen molar-refractivity contribution in [2.45, 2.75) is 12.8 Å². The molecule has 0 aliphatic carbocycles. The van der Waals surface area contributed by atoms with Crippen molar-refractivity contribution in [3.05, 3.63) is 65.7 Å². The van der Waals surface area contributed by atoms with Crippen LogP contribution >= 0.6 is 0 Å². The molecule has 1 heterocycles. The largest absolute Gasteiger partial charge is 0.465 e. The molecule has 1 fully saturated rings. The zero-order valence-electron chi connectivity index (χ0n) is 15.2. The monoisotopic (exact) mass is 366 g/mol. The van der Waals surface area contributed by atoms with E-state index in [0.717, 1.165) is 12.0 Å². The number of likely N-dealkylation sites (tertiary alicyclic amines) is 1. The van der Waals surface area contributed by atoms with Crippen LogP contribution in [0.4, 0.5) is 5.69 Å². The van der Waals surface area contributed by atoms with Gasteiger partial charge in [-0.1, -0.05) is 42.5 Å². The van der Waals surface area contributed by atoms with Gasteiger partial charge in [0, 0.05) is 19.5 Å². The van der Waals surface area contributed by atoms with Crippen LogP contribution in [0.5, 0.6) is 0 Å². The molecule has 0 radical (unpaired) electrons. The number of benzene rings is 2. The van der Waals surface area contributed by atoms with Gasteiger partial charge in [0.25, 0.3) is 0 Å². The van der Waals surface area contributed by atoms with Crippen LogP contribution in [-0.2, 0) is 20.7 Å². The maximum atomic E-state index is 12.6. The molecule has 1 N–H and O–H groups in total. The van der Waals surface area contributed by atoms with Crippen LogP contribution in [-0.4, -0.2) is 42.9 Å². The molecule has 6 heteroatoms. The normalized spacial score (nSPS) is 16.3. The standard InChI is InChI=1S/C21H22N2O4/c1-27-21(26)17-9-5-6-10-18(17)22-20(25)16-13-19(24)23(14-16)12-11-15-7-3-2-4-8-15/h2-10,16H,11-14H2,1H3,(H,22,25). The highest BCUT2D eigenvalue weighted by Gasteiger charge is 2.34. The van der Waals surface area contributed by atoms with E-state index in [2.05, 4.69) is 5.32 Å². The van der Waals surface area contributed by atoms with Gasteiger partial charge in [0.1, 0.15) is 0 Å². The van der Waals surface area contributed by atoms with Crippen molar-refractivity contribution >= 4 is 23.5 Å². The first kappa shape index (κ1) is 18.6. The third kappa shape index (κ3) is 4.53. The van der Waals surface area contributed by atoms with Gasteiger partial charge < -0.3 is 15.0 Å². The van der Waals surface area contributed by atoms with E-state index in [9.17, 15) is 14.4 Å². The predicted octanol–water partition coefficient (Wildman–Crippen LogP) is 2.50. The molecule has 0 aromatic heterocycles. The zero-order chi connectivity index (χ0) is 19.2. The summed E-state index contributed by atoms with van der Waals surface area (Å²) >= 11 is 0. The summed E-state index contributed by atoms with van der Waals surface area (Å²) in [7, 11) is 1.29. The second-order valence-electron chi connectivity index (χ2n) is 6.50. The second-order valence-corrected chi connectivity index (χ2v) is 6.50. The average Bonchev–Trinajstić information content (AvgIpc) is 3.08. The van der Waals surface area contributed by atoms with Crippen LogP contribution in [0, 0.1) is 5.92 Å². The van der Waals surface area contributed by atoms with Gasteiger partial charge in [-0.2, -0.15) is 0 Å². The van der Waals surface area contributed by atoms with Gasteiger partial charge in [-0.05, 0) is 24.1 Å². The minimum Gasteiger partial charge on any atom is -0.465 e. The Morgan fingerprint density at radius 2 is 1.81 bits per heavy atom. The predicted molar refractivity (Wildman–Crippen MR) is 101 cm³/mol. The van der Waals surface area contributed by atoms with Crippen molar-refractivity contribution in [1.29, 1.82) is 0 Å². The van der Waals surface area contributed by atoms with Crippen LogP contribution in [0.2, 0.25) is 0 Å². The van der Waals surface area contributed by atoms with E-state index in [4.69, 9.17) is 4.74 Å². The zero-order valence-corrected chi connectivity index (χ0v) is 15.2. The molecule has 0 spiro atoms. The van der Waals surface area contributed by atoms with Crippen LogP contribution in [0.3, 0.4) is 0 Å². The summed E-state index contributed by atoms with van der Waals surface area (Å²) in [5.41, 5.74) is 1.84. The Morgan fingerprint density at radius 1 is 1.11 bits per heavy atom. The van der Waals surface area contributed by atoms with Crippen LogP contribution in [0.1, 0.15) is 22.3 Å². The fraction of sp³-hybridized carbons (Fsp3) is 0.286. The summed E-state index contributed by atoms with van der Waals surface area (Å²) in [6.07, 6.45) is 0.938. The van der Waals surface area contributed by atoms with Crippen molar-refractivity contribution in [3.63, 3.8) is 0 Å². The number of esters is 1. The van der Waals surface area contributed by atoms with Gasteiger partial charge in [0.15, 0.2) is 0 Å². The molecule has 2 aromatic rings. The Labute approximate surface area is 158 Å². The molecule has 0 saturated carbocycles. The maximum absolute atomic E-state index is 12.6. The van der Waals surface area contributed by atoms with Crippen LogP contribution in [0.15, 0.2) is 54.6 Å². The minimum absolute atomic E-state index is 0.0210. The molecule has 1 aliphatic heterocycles. The maximum Gasteiger partial charge on any atom is 0.339 e. The van der Waals surface area contributed by atoms with E-state index in [0.29, 0.717) is 24.3 Å². The van der Waals surface area contributed by atoms with Gasteiger partial charge in [0.05, 0.1) is 24.3 Å². The lowest BCUT2D eigenvalue weighted by molar-refractivity contribution is -0.128. The van der Waals surface area contributed by atoms with E-state index in [-0.39, 0.29) is 18.2 Å². The lowest BCUT2D eigenvalue weighted by Crippen LogP contribution is -2.30. The number of carbonyl (C=O) groups excluding carboxylic acids is 3. The van der Waals surface area contributed by atoms with E-state index in [1.807, 2.05) is 30.3 Å². The molecule has 2 amide bonds. The highest BCUT2D eigenvalue weighted by molar-refractivity contribution is 6.03. The first-order chi connectivity index (χ1) is 13.1. The minimum atomic E-state index is -0.516. The molecule has 3 rings (SSSR count). The highest BCUT2D eigenvalue weighted by Crippen LogP contribution is 2.22. The summed E-state index contributed by atoms with van der Waals surface area (Å²) in [4.78, 5) is 38.4. The second kappa shape index (κ2) is 8.49. The fourth-order valence-electron chi connectivity index (χ4n) is 3.19. The van der Waals surface area contributed by atoms with Gasteiger partial charge in [-0.15, -0.1) is 0 Å². The molecule has 140 valence electrons. The molecule has 1 saturated heterocycles. The van der Waals surface area contributed by atoms with Crippen LogP contribution in [0.25, 0.3) is 0 Å². The molecular formula is C21H22N2O4. The first-order valence-electron chi connectivity index (χ1n) is 8.88. The summed E-state index contributed by atoms with van der Waals surface area (Å²) in [6, 6.07) is 16.6. The number of carbonyl (C=O) groups is 3. The number of para-hydroxylation sites is 1. The highest BCUT2D eigenvalue weighted by atomic mass is 16.5. The van der Waals surface area contributed by atoms with E-state index >= 15 is 0 Å². The molecule has 6 nitrogen and oxygen atoms in total. The lowest BCUT2D eigenvalue weighted by Gasteiger charge is -2.17. The third-order valence-corrected chi connectivity index (χ3v) is 4.69. The summed E-state index contributed by atoms with van der Waals surface area (Å²) in [5.74, 6) is -1.23. The van der Waals surface area contributed by atoms with Gasteiger partial charge in [0.2, 0.25) is 11.8 Å². The summed E-state index contributed by atoms with van der Waals surface area (Å²) < 4.78 is 4.74. The number of anilines is 1. The number of hydrogen-bond acceptors (Lipinski definition) is 4. The van der Waals surface area contributed by atoms with Gasteiger partial charge in [-0.3, -0.25) is 9.59 Å². The number of methoxy groups -OCH3 is 1. The SMILES string of the molecule is COC(=O)c1ccccc1NC(=O)C1CC(=O)N(CCc2ccccc2)C1. The quantitative estimate of drug-likeness (QED) is 0.797. The smallest absolute Gasteiger partial charge is 0.339 e. The molecule has 1 atom stereocenters. The third-order valence-electron chi connectivity index (χ3n) is 4.69. The van der Waals surface area contributed by atoms with Gasteiger partial charge >= 0.3 is 5.97 Å². The number of hydrogen-bond donors (Lipinski definition) is 1. The molecule has 2 aromatic carbocycles. The lowest BCUT2D eigenvalue weighted by atomic mass is 10.1. The number of nitrogens with zero attached hydrogens (tertiary/aromatic N) is 1. The Hall–Kier alpha value is -3.15. The van der Waals surface area contributed by atoms with Crippen molar-refractivity contribution in [3.8, 4) is 0 Å². The molecule has 0 bridgehead atoms. The van der Waals surface area contributed by atoms with E-state index < -0.39 is 11.9 Å². The molecular weight excluding hydrogens is 344 g/mol. The molecule has 27 heavy (non-hydrogen) atoms. The van der Waals surface area contributed by atoms with E-state index in [1.165, 1.54) is 7.11 Å². The topological polar surface area (TPSA) is 75.7 Å². The van der Waals surface area contributed by atoms with E-state index in [1.54, 1.807) is 29.2 Å². The van der Waals surface area contributed by atoms with Crippen LogP contribution < -0.4 is 5.32 Å².